The fourth-order valence-corrected chi connectivity index (χ4v) is 3.29. The lowest BCUT2D eigenvalue weighted by Gasteiger charge is -2.17. The van der Waals surface area contributed by atoms with Crippen LogP contribution in [-0.4, -0.2) is 5.91 Å². The van der Waals surface area contributed by atoms with Crippen LogP contribution >= 0.6 is 0 Å². The van der Waals surface area contributed by atoms with Gasteiger partial charge >= 0.3 is 0 Å². The van der Waals surface area contributed by atoms with Gasteiger partial charge in [0, 0.05) is 23.4 Å². The minimum absolute atomic E-state index is 0.0729. The molecular weight excluding hydrogens is 310 g/mol. The number of hydrogen-bond acceptors (Lipinski definition) is 3. The Kier molecular flexibility index (Phi) is 4.02. The molecule has 0 radical (unpaired) electrons. The van der Waals surface area contributed by atoms with Crippen LogP contribution in [-0.2, 0) is 4.79 Å². The van der Waals surface area contributed by atoms with Gasteiger partial charge in [0.2, 0.25) is 5.91 Å². The normalized spacial score (nSPS) is 20.9. The van der Waals surface area contributed by atoms with E-state index in [9.17, 15) is 4.79 Å². The predicted molar refractivity (Wildman–Crippen MR) is 100 cm³/mol. The summed E-state index contributed by atoms with van der Waals surface area (Å²) in [6.07, 6.45) is 6.72. The van der Waals surface area contributed by atoms with Crippen molar-refractivity contribution >= 4 is 17.3 Å². The van der Waals surface area contributed by atoms with Gasteiger partial charge in [-0.25, -0.2) is 0 Å². The van der Waals surface area contributed by atoms with Crippen LogP contribution in [0.5, 0.6) is 0 Å². The van der Waals surface area contributed by atoms with Crippen molar-refractivity contribution in [3.8, 4) is 0 Å². The number of hydrazine groups is 1. The highest BCUT2D eigenvalue weighted by Crippen LogP contribution is 2.47. The van der Waals surface area contributed by atoms with Gasteiger partial charge in [-0.05, 0) is 54.7 Å². The second-order valence-electron chi connectivity index (χ2n) is 6.59. The summed E-state index contributed by atoms with van der Waals surface area (Å²) in [5.41, 5.74) is 11.4. The Hall–Kier alpha value is -3.01. The first-order chi connectivity index (χ1) is 12.2. The summed E-state index contributed by atoms with van der Waals surface area (Å²) in [7, 11) is 0. The largest absolute Gasteiger partial charge is 0.326 e. The molecule has 0 saturated heterocycles. The molecule has 1 saturated carbocycles. The quantitative estimate of drug-likeness (QED) is 0.801. The van der Waals surface area contributed by atoms with Crippen LogP contribution in [0.15, 0.2) is 66.9 Å². The second-order valence-corrected chi connectivity index (χ2v) is 6.59. The van der Waals surface area contributed by atoms with E-state index in [1.165, 1.54) is 5.56 Å². The molecule has 0 spiro atoms. The van der Waals surface area contributed by atoms with Crippen LogP contribution in [0.25, 0.3) is 5.70 Å². The van der Waals surface area contributed by atoms with Crippen LogP contribution < -0.4 is 16.2 Å². The number of carbonyl (C=O) groups is 1. The van der Waals surface area contributed by atoms with Crippen LogP contribution in [0.1, 0.15) is 29.0 Å². The van der Waals surface area contributed by atoms with Crippen molar-refractivity contribution in [2.24, 2.45) is 5.92 Å². The molecular formula is C21H21N3O. The van der Waals surface area contributed by atoms with Crippen molar-refractivity contribution in [3.63, 3.8) is 0 Å². The molecule has 4 rings (SSSR count). The van der Waals surface area contributed by atoms with E-state index in [0.717, 1.165) is 28.9 Å². The van der Waals surface area contributed by atoms with Crippen LogP contribution in [0, 0.1) is 12.8 Å². The topological polar surface area (TPSA) is 53.2 Å². The first kappa shape index (κ1) is 15.5. The van der Waals surface area contributed by atoms with Gasteiger partial charge < -0.3 is 16.2 Å². The molecule has 1 aliphatic carbocycles. The Bertz CT molecular complexity index is 855. The van der Waals surface area contributed by atoms with E-state index in [1.54, 1.807) is 0 Å². The van der Waals surface area contributed by atoms with Gasteiger partial charge in [0.1, 0.15) is 0 Å². The molecule has 4 nitrogen and oxygen atoms in total. The smallest absolute Gasteiger partial charge is 0.228 e. The number of allylic oxidation sites excluding steroid dienone is 2. The molecule has 2 aromatic carbocycles. The number of hydrogen-bond donors (Lipinski definition) is 3. The number of rotatable bonds is 4. The molecule has 1 fully saturated rings. The number of aryl methyl sites for hydroxylation is 1. The summed E-state index contributed by atoms with van der Waals surface area (Å²) in [4.78, 5) is 12.6. The molecule has 0 aromatic heterocycles. The van der Waals surface area contributed by atoms with E-state index < -0.39 is 0 Å². The van der Waals surface area contributed by atoms with Gasteiger partial charge in [0.05, 0.1) is 5.70 Å². The molecule has 126 valence electrons. The Morgan fingerprint density at radius 3 is 2.76 bits per heavy atom. The van der Waals surface area contributed by atoms with Crippen molar-refractivity contribution in [2.75, 3.05) is 5.32 Å². The Morgan fingerprint density at radius 2 is 2.00 bits per heavy atom. The van der Waals surface area contributed by atoms with Crippen molar-refractivity contribution < 1.29 is 4.79 Å². The first-order valence-electron chi connectivity index (χ1n) is 8.57. The minimum atomic E-state index is 0.0729. The lowest BCUT2D eigenvalue weighted by Crippen LogP contribution is -2.27. The van der Waals surface area contributed by atoms with Crippen molar-refractivity contribution in [3.05, 3.63) is 83.6 Å². The third kappa shape index (κ3) is 3.29. The maximum absolute atomic E-state index is 12.6. The molecule has 1 amide bonds. The molecule has 2 atom stereocenters. The highest BCUT2D eigenvalue weighted by atomic mass is 16.2. The molecule has 1 aliphatic heterocycles. The van der Waals surface area contributed by atoms with E-state index in [2.05, 4.69) is 35.2 Å². The summed E-state index contributed by atoms with van der Waals surface area (Å²) >= 11 is 0. The van der Waals surface area contributed by atoms with E-state index in [0.29, 0.717) is 5.92 Å². The lowest BCUT2D eigenvalue weighted by molar-refractivity contribution is -0.117. The number of benzene rings is 2. The monoisotopic (exact) mass is 331 g/mol. The van der Waals surface area contributed by atoms with Crippen LogP contribution in [0.3, 0.4) is 0 Å². The summed E-state index contributed by atoms with van der Waals surface area (Å²) in [6.45, 7) is 2.06. The fourth-order valence-electron chi connectivity index (χ4n) is 3.29. The average Bonchev–Trinajstić information content (AvgIpc) is 3.46. The molecule has 0 bridgehead atoms. The molecule has 0 unspecified atom stereocenters. The average molecular weight is 331 g/mol. The summed E-state index contributed by atoms with van der Waals surface area (Å²) in [5.74, 6) is 0.527. The maximum Gasteiger partial charge on any atom is 0.228 e. The second kappa shape index (κ2) is 6.48. The van der Waals surface area contributed by atoms with Crippen molar-refractivity contribution in [1.29, 1.82) is 0 Å². The van der Waals surface area contributed by atoms with E-state index in [4.69, 9.17) is 0 Å². The van der Waals surface area contributed by atoms with Gasteiger partial charge in [-0.2, -0.15) is 0 Å². The summed E-state index contributed by atoms with van der Waals surface area (Å²) < 4.78 is 0. The molecule has 1 heterocycles. The van der Waals surface area contributed by atoms with E-state index >= 15 is 0 Å². The summed E-state index contributed by atoms with van der Waals surface area (Å²) in [5, 5.41) is 3.08. The van der Waals surface area contributed by atoms with Crippen molar-refractivity contribution in [1.82, 2.24) is 10.9 Å². The SMILES string of the molecule is Cc1ccc(NC(=O)[C@@H]2C[C@@H]2c2ccccc2)cc1C1=CC=CNN1. The first-order valence-corrected chi connectivity index (χ1v) is 8.57. The zero-order valence-corrected chi connectivity index (χ0v) is 14.1. The molecule has 2 aromatic rings. The van der Waals surface area contributed by atoms with Crippen LogP contribution in [0.4, 0.5) is 5.69 Å². The Balaban J connectivity index is 1.47. The number of nitrogens with one attached hydrogen (secondary N) is 3. The lowest BCUT2D eigenvalue weighted by atomic mass is 10.0. The fraction of sp³-hybridized carbons (Fsp3) is 0.190. The number of anilines is 1. The summed E-state index contributed by atoms with van der Waals surface area (Å²) in [6, 6.07) is 16.3. The zero-order valence-electron chi connectivity index (χ0n) is 14.1. The van der Waals surface area contributed by atoms with Crippen LogP contribution in [0.2, 0.25) is 0 Å². The molecule has 3 N–H and O–H groups in total. The van der Waals surface area contributed by atoms with E-state index in [1.807, 2.05) is 54.8 Å². The number of carbonyl (C=O) groups excluding carboxylic acids is 1. The highest BCUT2D eigenvalue weighted by Gasteiger charge is 2.43. The van der Waals surface area contributed by atoms with Gasteiger partial charge in [0.25, 0.3) is 0 Å². The van der Waals surface area contributed by atoms with Gasteiger partial charge in [-0.3, -0.25) is 4.79 Å². The van der Waals surface area contributed by atoms with E-state index in [-0.39, 0.29) is 11.8 Å². The third-order valence-corrected chi connectivity index (χ3v) is 4.80. The van der Waals surface area contributed by atoms with Gasteiger partial charge in [0.15, 0.2) is 0 Å². The molecule has 4 heteroatoms. The minimum Gasteiger partial charge on any atom is -0.326 e. The van der Waals surface area contributed by atoms with Gasteiger partial charge in [-0.15, -0.1) is 0 Å². The standard InChI is InChI=1S/C21H21N3O/c1-14-9-10-16(12-17(14)20-8-5-11-22-24-20)23-21(25)19-13-18(19)15-6-3-2-4-7-15/h2-12,18-19,22,24H,13H2,1H3,(H,23,25)/t18-,19-/m1/s1. The predicted octanol–water partition coefficient (Wildman–Crippen LogP) is 3.70. The molecule has 2 aliphatic rings. The number of amides is 1. The Morgan fingerprint density at radius 1 is 1.16 bits per heavy atom. The van der Waals surface area contributed by atoms with Gasteiger partial charge in [-0.1, -0.05) is 36.4 Å². The third-order valence-electron chi connectivity index (χ3n) is 4.80. The molecule has 25 heavy (non-hydrogen) atoms. The Labute approximate surface area is 147 Å². The van der Waals surface area contributed by atoms with Crippen molar-refractivity contribution in [2.45, 2.75) is 19.3 Å². The zero-order chi connectivity index (χ0) is 17.2. The maximum atomic E-state index is 12.6. The highest BCUT2D eigenvalue weighted by molar-refractivity contribution is 5.95.